The number of hydrogen-bond acceptors (Lipinski definition) is 13. The van der Waals surface area contributed by atoms with Gasteiger partial charge in [-0.15, -0.1) is 0 Å². The molecule has 57 heavy (non-hydrogen) atoms. The van der Waals surface area contributed by atoms with Crippen LogP contribution in [-0.2, 0) is 52.1 Å². The van der Waals surface area contributed by atoms with Gasteiger partial charge in [0.2, 0.25) is 0 Å². The lowest BCUT2D eigenvalue weighted by atomic mass is 9.91. The highest BCUT2D eigenvalue weighted by atomic mass is 16.6. The molecule has 0 bridgehead atoms. The van der Waals surface area contributed by atoms with Gasteiger partial charge in [-0.1, -0.05) is 66.2 Å². The Morgan fingerprint density at radius 3 is 0.930 bits per heavy atom. The lowest BCUT2D eigenvalue weighted by molar-refractivity contribution is -0.0760. The van der Waals surface area contributed by atoms with Crippen molar-refractivity contribution in [1.82, 2.24) is 0 Å². The van der Waals surface area contributed by atoms with E-state index in [0.29, 0.717) is 131 Å². The lowest BCUT2D eigenvalue weighted by Crippen LogP contribution is -2.31. The largest absolute Gasteiger partial charge is 0.394 e. The van der Waals surface area contributed by atoms with Crippen molar-refractivity contribution >= 4 is 0 Å². The minimum atomic E-state index is 0.0289. The first-order valence-electron chi connectivity index (χ1n) is 22.8. The molecule has 0 saturated heterocycles. The molecule has 0 spiro atoms. The molecule has 4 atom stereocenters. The van der Waals surface area contributed by atoms with E-state index in [4.69, 9.17) is 62.3 Å². The molecule has 0 amide bonds. The Balaban J connectivity index is 3.72. The van der Waals surface area contributed by atoms with Crippen LogP contribution in [0.4, 0.5) is 0 Å². The molecule has 0 rings (SSSR count). The normalized spacial score (nSPS) is 14.0. The number of hydrogen-bond donors (Lipinski definition) is 2. The highest BCUT2D eigenvalue weighted by Crippen LogP contribution is 2.23. The minimum absolute atomic E-state index is 0.0289. The van der Waals surface area contributed by atoms with E-state index in [1.54, 1.807) is 0 Å². The summed E-state index contributed by atoms with van der Waals surface area (Å²) in [5, 5.41) is 17.8. The molecule has 0 heterocycles. The van der Waals surface area contributed by atoms with Gasteiger partial charge in [-0.25, -0.2) is 0 Å². The van der Waals surface area contributed by atoms with Crippen LogP contribution in [0.25, 0.3) is 0 Å². The van der Waals surface area contributed by atoms with Gasteiger partial charge in [-0.05, 0) is 63.2 Å². The van der Waals surface area contributed by atoms with Crippen molar-refractivity contribution in [1.29, 1.82) is 0 Å². The van der Waals surface area contributed by atoms with Crippen molar-refractivity contribution in [2.24, 2.45) is 11.8 Å². The third kappa shape index (κ3) is 39.4. The van der Waals surface area contributed by atoms with Crippen LogP contribution in [0.1, 0.15) is 118 Å². The van der Waals surface area contributed by atoms with E-state index in [2.05, 4.69) is 27.7 Å². The Kier molecular flexibility index (Phi) is 47.7. The van der Waals surface area contributed by atoms with Crippen LogP contribution in [0.2, 0.25) is 0 Å². The molecule has 0 radical (unpaired) electrons. The smallest absolute Gasteiger partial charge is 0.0837 e. The quantitative estimate of drug-likeness (QED) is 0.0632. The zero-order chi connectivity index (χ0) is 41.5. The summed E-state index contributed by atoms with van der Waals surface area (Å²) < 4.78 is 63.5. The molecular formula is C44H90O13. The molecule has 0 aliphatic carbocycles. The summed E-state index contributed by atoms with van der Waals surface area (Å²) in [6.45, 7) is 20.0. The number of aliphatic hydroxyl groups is 2. The molecule has 0 fully saturated rings. The van der Waals surface area contributed by atoms with E-state index in [0.717, 1.165) is 77.4 Å². The third-order valence-electron chi connectivity index (χ3n) is 9.52. The van der Waals surface area contributed by atoms with E-state index < -0.39 is 0 Å². The van der Waals surface area contributed by atoms with Crippen LogP contribution in [0.5, 0.6) is 0 Å². The predicted octanol–water partition coefficient (Wildman–Crippen LogP) is 6.66. The number of unbranched alkanes of at least 4 members (excludes halogenated alkanes) is 4. The maximum atomic E-state index is 8.90. The van der Waals surface area contributed by atoms with Gasteiger partial charge in [0.05, 0.1) is 131 Å². The fourth-order valence-corrected chi connectivity index (χ4v) is 6.39. The van der Waals surface area contributed by atoms with Gasteiger partial charge in [0, 0.05) is 26.4 Å². The first-order valence-corrected chi connectivity index (χ1v) is 22.8. The summed E-state index contributed by atoms with van der Waals surface area (Å²) in [6.07, 6.45) is 15.5. The molecule has 13 nitrogen and oxygen atoms in total. The van der Waals surface area contributed by atoms with Crippen LogP contribution in [0.3, 0.4) is 0 Å². The average Bonchev–Trinajstić information content (AvgIpc) is 3.22. The summed E-state index contributed by atoms with van der Waals surface area (Å²) in [5.74, 6) is 0.950. The Bertz CT molecular complexity index is 680. The maximum absolute atomic E-state index is 8.90. The SMILES string of the molecule is CCCCC(CCC)C(COCCOCCOCCCCOCCCCOCCOCCOCC(OCCOCCO)C(CCC)CCCC)OCCOCCO. The fraction of sp³-hybridized carbons (Fsp3) is 1.00. The Morgan fingerprint density at radius 1 is 0.298 bits per heavy atom. The monoisotopic (exact) mass is 827 g/mol. The summed E-state index contributed by atoms with van der Waals surface area (Å²) in [7, 11) is 0. The predicted molar refractivity (Wildman–Crippen MR) is 225 cm³/mol. The van der Waals surface area contributed by atoms with Gasteiger partial charge >= 0.3 is 0 Å². The molecule has 0 aromatic carbocycles. The second kappa shape index (κ2) is 48.1. The minimum Gasteiger partial charge on any atom is -0.394 e. The van der Waals surface area contributed by atoms with Crippen LogP contribution >= 0.6 is 0 Å². The molecule has 2 N–H and O–H groups in total. The van der Waals surface area contributed by atoms with E-state index >= 15 is 0 Å². The molecule has 0 aromatic heterocycles. The summed E-state index contributed by atoms with van der Waals surface area (Å²) in [5.41, 5.74) is 0. The number of rotatable bonds is 50. The highest BCUT2D eigenvalue weighted by molar-refractivity contribution is 4.72. The Hall–Kier alpha value is -0.520. The Labute approximate surface area is 348 Å². The van der Waals surface area contributed by atoms with Crippen molar-refractivity contribution in [2.45, 2.75) is 130 Å². The fourth-order valence-electron chi connectivity index (χ4n) is 6.39. The van der Waals surface area contributed by atoms with Crippen LogP contribution < -0.4 is 0 Å². The van der Waals surface area contributed by atoms with Crippen molar-refractivity contribution in [2.75, 3.05) is 145 Å². The third-order valence-corrected chi connectivity index (χ3v) is 9.52. The Morgan fingerprint density at radius 2 is 0.596 bits per heavy atom. The number of ether oxygens (including phenoxy) is 11. The molecule has 0 saturated carbocycles. The first-order chi connectivity index (χ1) is 28.2. The summed E-state index contributed by atoms with van der Waals surface area (Å²) in [6, 6.07) is 0. The zero-order valence-electron chi connectivity index (χ0n) is 37.2. The van der Waals surface area contributed by atoms with Crippen molar-refractivity contribution < 1.29 is 62.3 Å². The second-order valence-electron chi connectivity index (χ2n) is 14.5. The topological polar surface area (TPSA) is 142 Å². The molecule has 4 unspecified atom stereocenters. The number of aliphatic hydroxyl groups excluding tert-OH is 2. The molecular weight excluding hydrogens is 736 g/mol. The first kappa shape index (κ1) is 56.5. The second-order valence-corrected chi connectivity index (χ2v) is 14.5. The van der Waals surface area contributed by atoms with Gasteiger partial charge < -0.3 is 62.3 Å². The highest BCUT2D eigenvalue weighted by Gasteiger charge is 2.23. The molecule has 0 aliphatic rings. The van der Waals surface area contributed by atoms with Crippen LogP contribution in [-0.4, -0.2) is 168 Å². The van der Waals surface area contributed by atoms with Gasteiger partial charge in [0.15, 0.2) is 0 Å². The van der Waals surface area contributed by atoms with Crippen molar-refractivity contribution in [3.63, 3.8) is 0 Å². The average molecular weight is 827 g/mol. The molecule has 0 aliphatic heterocycles. The van der Waals surface area contributed by atoms with Crippen molar-refractivity contribution in [3.05, 3.63) is 0 Å². The molecule has 0 aromatic rings. The van der Waals surface area contributed by atoms with E-state index in [1.807, 2.05) is 0 Å². The van der Waals surface area contributed by atoms with Crippen LogP contribution in [0, 0.1) is 11.8 Å². The van der Waals surface area contributed by atoms with E-state index in [9.17, 15) is 0 Å². The summed E-state index contributed by atoms with van der Waals surface area (Å²) >= 11 is 0. The standard InChI is InChI=1S/C44H90O13/c1-5-9-17-41(15-7-3)43(56-37-35-50-25-19-45)39-54-33-31-52-29-27-48-23-13-11-21-47-22-12-14-24-49-28-30-53-32-34-55-40-44(57-38-36-51-26-20-46)42(16-8-4)18-10-6-2/h41-46H,5-40H2,1-4H3. The van der Waals surface area contributed by atoms with Gasteiger partial charge in [0.25, 0.3) is 0 Å². The van der Waals surface area contributed by atoms with Crippen LogP contribution in [0.15, 0.2) is 0 Å². The maximum Gasteiger partial charge on any atom is 0.0837 e. The van der Waals surface area contributed by atoms with Gasteiger partial charge in [-0.2, -0.15) is 0 Å². The summed E-state index contributed by atoms with van der Waals surface area (Å²) in [4.78, 5) is 0. The van der Waals surface area contributed by atoms with E-state index in [1.165, 1.54) is 25.7 Å². The van der Waals surface area contributed by atoms with E-state index in [-0.39, 0.29) is 25.4 Å². The lowest BCUT2D eigenvalue weighted by Gasteiger charge is -2.27. The molecule has 13 heteroatoms. The van der Waals surface area contributed by atoms with Crippen molar-refractivity contribution in [3.8, 4) is 0 Å². The van der Waals surface area contributed by atoms with Gasteiger partial charge in [0.1, 0.15) is 0 Å². The van der Waals surface area contributed by atoms with Gasteiger partial charge in [-0.3, -0.25) is 0 Å². The molecule has 344 valence electrons. The zero-order valence-corrected chi connectivity index (χ0v) is 37.2.